The van der Waals surface area contributed by atoms with Crippen molar-refractivity contribution in [3.05, 3.63) is 0 Å². The van der Waals surface area contributed by atoms with Crippen molar-refractivity contribution in [3.63, 3.8) is 0 Å². The number of piperidine rings is 1. The first kappa shape index (κ1) is 12.7. The van der Waals surface area contributed by atoms with Crippen LogP contribution in [0.5, 0.6) is 0 Å². The fraction of sp³-hybridized carbons (Fsp3) is 0.923. The molecule has 4 heteroatoms. The molecule has 0 aromatic heterocycles. The van der Waals surface area contributed by atoms with Gasteiger partial charge in [0.15, 0.2) is 0 Å². The number of alkyl carbamates (subject to hydrolysis) is 1. The Balaban J connectivity index is 1.59. The van der Waals surface area contributed by atoms with Crippen LogP contribution in [0, 0.1) is 5.92 Å². The molecule has 0 aromatic rings. The molecule has 2 N–H and O–H groups in total. The largest absolute Gasteiger partial charge is 0.449 e. The van der Waals surface area contributed by atoms with E-state index in [1.807, 2.05) is 0 Å². The summed E-state index contributed by atoms with van der Waals surface area (Å²) in [6.07, 6.45) is 8.14. The third kappa shape index (κ3) is 4.54. The highest BCUT2D eigenvalue weighted by molar-refractivity contribution is 5.67. The van der Waals surface area contributed by atoms with E-state index in [2.05, 4.69) is 10.6 Å². The zero-order valence-corrected chi connectivity index (χ0v) is 10.5. The molecule has 0 bridgehead atoms. The SMILES string of the molecule is O=C(NC1CCCCC1)OCC1CCCNC1. The average molecular weight is 240 g/mol. The van der Waals surface area contributed by atoms with Crippen LogP contribution in [0.1, 0.15) is 44.9 Å². The lowest BCUT2D eigenvalue weighted by Gasteiger charge is -2.25. The first-order valence-electron chi connectivity index (χ1n) is 6.98. The minimum absolute atomic E-state index is 0.220. The predicted octanol–water partition coefficient (Wildman–Crippen LogP) is 2.04. The molecule has 1 heterocycles. The summed E-state index contributed by atoms with van der Waals surface area (Å²) in [7, 11) is 0. The lowest BCUT2D eigenvalue weighted by Crippen LogP contribution is -2.39. The highest BCUT2D eigenvalue weighted by Gasteiger charge is 2.18. The normalized spacial score (nSPS) is 26.5. The van der Waals surface area contributed by atoms with Gasteiger partial charge in [-0.3, -0.25) is 0 Å². The number of carbonyl (C=O) groups is 1. The summed E-state index contributed by atoms with van der Waals surface area (Å²) in [5.74, 6) is 0.501. The summed E-state index contributed by atoms with van der Waals surface area (Å²) >= 11 is 0. The highest BCUT2D eigenvalue weighted by atomic mass is 16.5. The second kappa shape index (κ2) is 6.84. The van der Waals surface area contributed by atoms with Gasteiger partial charge in [0.1, 0.15) is 0 Å². The van der Waals surface area contributed by atoms with Crippen LogP contribution in [-0.4, -0.2) is 31.8 Å². The molecule has 2 rings (SSSR count). The van der Waals surface area contributed by atoms with Crippen molar-refractivity contribution in [2.24, 2.45) is 5.92 Å². The van der Waals surface area contributed by atoms with Gasteiger partial charge < -0.3 is 15.4 Å². The number of hydrogen-bond acceptors (Lipinski definition) is 3. The number of rotatable bonds is 3. The van der Waals surface area contributed by atoms with Crippen molar-refractivity contribution < 1.29 is 9.53 Å². The molecule has 1 unspecified atom stereocenters. The van der Waals surface area contributed by atoms with Crippen LogP contribution in [0.4, 0.5) is 4.79 Å². The van der Waals surface area contributed by atoms with Gasteiger partial charge >= 0.3 is 6.09 Å². The molecular weight excluding hydrogens is 216 g/mol. The summed E-state index contributed by atoms with van der Waals surface area (Å²) in [4.78, 5) is 11.6. The van der Waals surface area contributed by atoms with Crippen LogP contribution in [-0.2, 0) is 4.74 Å². The second-order valence-electron chi connectivity index (χ2n) is 5.29. The minimum Gasteiger partial charge on any atom is -0.449 e. The zero-order valence-electron chi connectivity index (χ0n) is 10.5. The van der Waals surface area contributed by atoms with Crippen molar-refractivity contribution >= 4 is 6.09 Å². The van der Waals surface area contributed by atoms with E-state index >= 15 is 0 Å². The molecule has 4 nitrogen and oxygen atoms in total. The molecule has 17 heavy (non-hydrogen) atoms. The molecule has 1 aliphatic carbocycles. The molecule has 0 aromatic carbocycles. The standard InChI is InChI=1S/C13H24N2O2/c16-13(15-12-6-2-1-3-7-12)17-10-11-5-4-8-14-9-11/h11-12,14H,1-10H2,(H,15,16). The van der Waals surface area contributed by atoms with Gasteiger partial charge in [0.25, 0.3) is 0 Å². The van der Waals surface area contributed by atoms with Gasteiger partial charge in [0, 0.05) is 18.5 Å². The van der Waals surface area contributed by atoms with Gasteiger partial charge in [-0.05, 0) is 32.2 Å². The van der Waals surface area contributed by atoms with Crippen molar-refractivity contribution in [1.82, 2.24) is 10.6 Å². The Kier molecular flexibility index (Phi) is 5.10. The Morgan fingerprint density at radius 1 is 1.18 bits per heavy atom. The van der Waals surface area contributed by atoms with Crippen molar-refractivity contribution in [2.75, 3.05) is 19.7 Å². The van der Waals surface area contributed by atoms with Gasteiger partial charge in [-0.15, -0.1) is 0 Å². The molecular formula is C13H24N2O2. The predicted molar refractivity (Wildman–Crippen MR) is 67.0 cm³/mol. The zero-order chi connectivity index (χ0) is 11.9. The van der Waals surface area contributed by atoms with Gasteiger partial charge in [-0.2, -0.15) is 0 Å². The Bertz CT molecular complexity index is 234. The fourth-order valence-corrected chi connectivity index (χ4v) is 2.72. The maximum absolute atomic E-state index is 11.6. The van der Waals surface area contributed by atoms with E-state index in [0.717, 1.165) is 25.9 Å². The smallest absolute Gasteiger partial charge is 0.407 e. The molecule has 1 saturated heterocycles. The average Bonchev–Trinajstić information content (AvgIpc) is 2.39. The molecule has 0 spiro atoms. The van der Waals surface area contributed by atoms with Crippen LogP contribution in [0.3, 0.4) is 0 Å². The first-order valence-corrected chi connectivity index (χ1v) is 6.98. The van der Waals surface area contributed by atoms with E-state index in [4.69, 9.17) is 4.74 Å². The van der Waals surface area contributed by atoms with Gasteiger partial charge in [-0.1, -0.05) is 19.3 Å². The van der Waals surface area contributed by atoms with Gasteiger partial charge in [0.05, 0.1) is 6.61 Å². The Morgan fingerprint density at radius 2 is 2.00 bits per heavy atom. The Morgan fingerprint density at radius 3 is 2.71 bits per heavy atom. The number of carbonyl (C=O) groups excluding carboxylic acids is 1. The van der Waals surface area contributed by atoms with E-state index in [-0.39, 0.29) is 6.09 Å². The third-order valence-electron chi connectivity index (χ3n) is 3.78. The Hall–Kier alpha value is -0.770. The molecule has 2 aliphatic rings. The Labute approximate surface area is 103 Å². The first-order chi connectivity index (χ1) is 8.34. The molecule has 0 radical (unpaired) electrons. The van der Waals surface area contributed by atoms with E-state index in [1.54, 1.807) is 0 Å². The van der Waals surface area contributed by atoms with Crippen molar-refractivity contribution in [3.8, 4) is 0 Å². The lowest BCUT2D eigenvalue weighted by molar-refractivity contribution is 0.114. The number of amides is 1. The summed E-state index contributed by atoms with van der Waals surface area (Å²) < 4.78 is 5.29. The minimum atomic E-state index is -0.220. The maximum Gasteiger partial charge on any atom is 0.407 e. The quantitative estimate of drug-likeness (QED) is 0.793. The molecule has 1 atom stereocenters. The lowest BCUT2D eigenvalue weighted by atomic mass is 9.96. The van der Waals surface area contributed by atoms with Gasteiger partial charge in [-0.25, -0.2) is 4.79 Å². The molecule has 1 saturated carbocycles. The number of nitrogens with one attached hydrogen (secondary N) is 2. The van der Waals surface area contributed by atoms with Crippen LogP contribution in [0.25, 0.3) is 0 Å². The van der Waals surface area contributed by atoms with E-state index in [1.165, 1.54) is 32.1 Å². The molecule has 1 aliphatic heterocycles. The van der Waals surface area contributed by atoms with E-state index in [9.17, 15) is 4.79 Å². The van der Waals surface area contributed by atoms with Crippen LogP contribution in [0.2, 0.25) is 0 Å². The van der Waals surface area contributed by atoms with Gasteiger partial charge in [0.2, 0.25) is 0 Å². The van der Waals surface area contributed by atoms with Crippen molar-refractivity contribution in [2.45, 2.75) is 51.0 Å². The molecule has 98 valence electrons. The maximum atomic E-state index is 11.6. The summed E-state index contributed by atoms with van der Waals surface area (Å²) in [5, 5.41) is 6.31. The monoisotopic (exact) mass is 240 g/mol. The number of hydrogen-bond donors (Lipinski definition) is 2. The van der Waals surface area contributed by atoms with Crippen LogP contribution < -0.4 is 10.6 Å². The third-order valence-corrected chi connectivity index (χ3v) is 3.78. The van der Waals surface area contributed by atoms with Crippen molar-refractivity contribution in [1.29, 1.82) is 0 Å². The summed E-state index contributed by atoms with van der Waals surface area (Å²) in [5.41, 5.74) is 0. The van der Waals surface area contributed by atoms with Crippen LogP contribution in [0.15, 0.2) is 0 Å². The highest BCUT2D eigenvalue weighted by Crippen LogP contribution is 2.17. The van der Waals surface area contributed by atoms with E-state index < -0.39 is 0 Å². The van der Waals surface area contributed by atoms with Crippen LogP contribution >= 0.6 is 0 Å². The molecule has 2 fully saturated rings. The summed E-state index contributed by atoms with van der Waals surface area (Å²) in [6, 6.07) is 0.348. The summed E-state index contributed by atoms with van der Waals surface area (Å²) in [6.45, 7) is 2.65. The molecule has 1 amide bonds. The number of ether oxygens (including phenoxy) is 1. The second-order valence-corrected chi connectivity index (χ2v) is 5.29. The van der Waals surface area contributed by atoms with E-state index in [0.29, 0.717) is 18.6 Å². The fourth-order valence-electron chi connectivity index (χ4n) is 2.72. The topological polar surface area (TPSA) is 50.4 Å².